The van der Waals surface area contributed by atoms with Crippen molar-refractivity contribution >= 4 is 15.7 Å². The summed E-state index contributed by atoms with van der Waals surface area (Å²) in [7, 11) is -1.11. The molecule has 0 aliphatic carbocycles. The Morgan fingerprint density at radius 1 is 1.30 bits per heavy atom. The molecule has 0 bridgehead atoms. The highest BCUT2D eigenvalue weighted by atomic mass is 32.2. The van der Waals surface area contributed by atoms with E-state index in [1.165, 1.54) is 6.26 Å². The second kappa shape index (κ2) is 6.51. The number of hydrogen-bond acceptors (Lipinski definition) is 6. The summed E-state index contributed by atoms with van der Waals surface area (Å²) in [6.07, 6.45) is 2.81. The molecule has 1 saturated heterocycles. The lowest BCUT2D eigenvalue weighted by molar-refractivity contribution is 0.158. The van der Waals surface area contributed by atoms with Crippen LogP contribution in [-0.4, -0.2) is 75.8 Å². The van der Waals surface area contributed by atoms with Crippen molar-refractivity contribution in [3.63, 3.8) is 0 Å². The average Bonchev–Trinajstić information content (AvgIpc) is 2.40. The van der Waals surface area contributed by atoms with Gasteiger partial charge in [0.15, 0.2) is 9.84 Å². The number of hydrogen-bond donors (Lipinski definition) is 1. The van der Waals surface area contributed by atoms with Crippen LogP contribution in [-0.2, 0) is 9.84 Å². The third-order valence-corrected chi connectivity index (χ3v) is 4.61. The molecule has 20 heavy (non-hydrogen) atoms. The summed E-state index contributed by atoms with van der Waals surface area (Å²) >= 11 is 0. The molecule has 1 aromatic heterocycles. The molecule has 1 aliphatic rings. The second-order valence-corrected chi connectivity index (χ2v) is 7.18. The van der Waals surface area contributed by atoms with Gasteiger partial charge in [0.2, 0.25) is 0 Å². The molecule has 2 heterocycles. The van der Waals surface area contributed by atoms with Gasteiger partial charge >= 0.3 is 0 Å². The van der Waals surface area contributed by atoms with Crippen LogP contribution in [0.25, 0.3) is 0 Å². The van der Waals surface area contributed by atoms with Crippen molar-refractivity contribution in [1.82, 2.24) is 14.8 Å². The van der Waals surface area contributed by atoms with Crippen LogP contribution >= 0.6 is 0 Å². The topological polar surface area (TPSA) is 65.5 Å². The number of piperazine rings is 1. The van der Waals surface area contributed by atoms with Gasteiger partial charge in [-0.15, -0.1) is 0 Å². The SMILES string of the molecule is CN1CCN(CCNc2ncccc2S(C)(=O)=O)CC1. The lowest BCUT2D eigenvalue weighted by atomic mass is 10.3. The van der Waals surface area contributed by atoms with Crippen LogP contribution in [0.15, 0.2) is 23.2 Å². The molecule has 0 atom stereocenters. The molecular formula is C13H22N4O2S. The average molecular weight is 298 g/mol. The molecule has 2 rings (SSSR count). The zero-order chi connectivity index (χ0) is 14.6. The molecule has 0 unspecified atom stereocenters. The molecule has 0 radical (unpaired) electrons. The number of nitrogens with zero attached hydrogens (tertiary/aromatic N) is 3. The summed E-state index contributed by atoms with van der Waals surface area (Å²) < 4.78 is 23.3. The molecule has 0 saturated carbocycles. The lowest BCUT2D eigenvalue weighted by Crippen LogP contribution is -2.45. The van der Waals surface area contributed by atoms with Crippen LogP contribution in [0, 0.1) is 0 Å². The molecule has 112 valence electrons. The Kier molecular flexibility index (Phi) is 4.95. The number of aromatic nitrogens is 1. The number of sulfone groups is 1. The molecule has 0 aromatic carbocycles. The molecular weight excluding hydrogens is 276 g/mol. The number of pyridine rings is 1. The van der Waals surface area contributed by atoms with Gasteiger partial charge < -0.3 is 10.2 Å². The highest BCUT2D eigenvalue weighted by Gasteiger charge is 2.15. The molecule has 7 heteroatoms. The molecule has 1 aromatic rings. The van der Waals surface area contributed by atoms with Crippen molar-refractivity contribution in [2.75, 3.05) is 57.9 Å². The Balaban J connectivity index is 1.89. The quantitative estimate of drug-likeness (QED) is 0.834. The first-order chi connectivity index (χ1) is 9.47. The van der Waals surface area contributed by atoms with Gasteiger partial charge in [-0.2, -0.15) is 0 Å². The number of nitrogens with one attached hydrogen (secondary N) is 1. The lowest BCUT2D eigenvalue weighted by Gasteiger charge is -2.32. The van der Waals surface area contributed by atoms with Gasteiger partial charge in [0, 0.05) is 51.7 Å². The van der Waals surface area contributed by atoms with E-state index < -0.39 is 9.84 Å². The molecule has 1 N–H and O–H groups in total. The minimum Gasteiger partial charge on any atom is -0.368 e. The first kappa shape index (κ1) is 15.2. The van der Waals surface area contributed by atoms with Crippen molar-refractivity contribution in [2.45, 2.75) is 4.90 Å². The standard InChI is InChI=1S/C13H22N4O2S/c1-16-8-10-17(11-9-16)7-6-15-13-12(20(2,18)19)4-3-5-14-13/h3-5H,6-11H2,1-2H3,(H,14,15). The summed E-state index contributed by atoms with van der Waals surface area (Å²) in [6, 6.07) is 3.22. The first-order valence-corrected chi connectivity index (χ1v) is 8.66. The van der Waals surface area contributed by atoms with E-state index in [0.29, 0.717) is 12.4 Å². The molecule has 1 fully saturated rings. The van der Waals surface area contributed by atoms with Gasteiger partial charge in [0.05, 0.1) is 0 Å². The third kappa shape index (κ3) is 4.16. The van der Waals surface area contributed by atoms with Gasteiger partial charge in [-0.05, 0) is 19.2 Å². The number of anilines is 1. The largest absolute Gasteiger partial charge is 0.368 e. The maximum Gasteiger partial charge on any atom is 0.179 e. The van der Waals surface area contributed by atoms with Crippen molar-refractivity contribution in [1.29, 1.82) is 0 Å². The Bertz CT molecular complexity index is 539. The van der Waals surface area contributed by atoms with E-state index in [1.807, 2.05) is 0 Å². The van der Waals surface area contributed by atoms with E-state index in [0.717, 1.165) is 32.7 Å². The first-order valence-electron chi connectivity index (χ1n) is 6.76. The van der Waals surface area contributed by atoms with E-state index in [1.54, 1.807) is 18.3 Å². The highest BCUT2D eigenvalue weighted by molar-refractivity contribution is 7.90. The maximum atomic E-state index is 11.7. The van der Waals surface area contributed by atoms with Crippen molar-refractivity contribution in [3.8, 4) is 0 Å². The van der Waals surface area contributed by atoms with Crippen LogP contribution < -0.4 is 5.32 Å². The molecule has 0 amide bonds. The fourth-order valence-corrected chi connectivity index (χ4v) is 3.03. The van der Waals surface area contributed by atoms with E-state index >= 15 is 0 Å². The van der Waals surface area contributed by atoms with Crippen LogP contribution in [0.3, 0.4) is 0 Å². The normalized spacial score (nSPS) is 18.1. The second-order valence-electron chi connectivity index (χ2n) is 5.19. The van der Waals surface area contributed by atoms with E-state index in [-0.39, 0.29) is 4.90 Å². The summed E-state index contributed by atoms with van der Waals surface area (Å²) in [5.41, 5.74) is 0. The van der Waals surface area contributed by atoms with Crippen LogP contribution in [0.1, 0.15) is 0 Å². The minimum atomic E-state index is -3.24. The Hall–Kier alpha value is -1.18. The van der Waals surface area contributed by atoms with Crippen LogP contribution in [0.4, 0.5) is 5.82 Å². The highest BCUT2D eigenvalue weighted by Crippen LogP contribution is 2.17. The molecule has 0 spiro atoms. The summed E-state index contributed by atoms with van der Waals surface area (Å²) in [5.74, 6) is 0.448. The summed E-state index contributed by atoms with van der Waals surface area (Å²) in [6.45, 7) is 5.87. The summed E-state index contributed by atoms with van der Waals surface area (Å²) in [4.78, 5) is 9.07. The van der Waals surface area contributed by atoms with E-state index in [4.69, 9.17) is 0 Å². The van der Waals surface area contributed by atoms with Gasteiger partial charge in [-0.3, -0.25) is 4.90 Å². The van der Waals surface area contributed by atoms with Crippen molar-refractivity contribution in [3.05, 3.63) is 18.3 Å². The minimum absolute atomic E-state index is 0.262. The van der Waals surface area contributed by atoms with Crippen molar-refractivity contribution in [2.24, 2.45) is 0 Å². The van der Waals surface area contributed by atoms with Gasteiger partial charge in [0.25, 0.3) is 0 Å². The zero-order valence-electron chi connectivity index (χ0n) is 12.0. The number of rotatable bonds is 5. The van der Waals surface area contributed by atoms with E-state index in [9.17, 15) is 8.42 Å². The Labute approximate surface area is 120 Å². The fraction of sp³-hybridized carbons (Fsp3) is 0.615. The predicted molar refractivity (Wildman–Crippen MR) is 79.8 cm³/mol. The molecule has 6 nitrogen and oxygen atoms in total. The fourth-order valence-electron chi connectivity index (χ4n) is 2.23. The van der Waals surface area contributed by atoms with E-state index in [2.05, 4.69) is 27.1 Å². The van der Waals surface area contributed by atoms with Crippen LogP contribution in [0.2, 0.25) is 0 Å². The van der Waals surface area contributed by atoms with Gasteiger partial charge in [-0.1, -0.05) is 0 Å². The Morgan fingerprint density at radius 2 is 2.00 bits per heavy atom. The van der Waals surface area contributed by atoms with Gasteiger partial charge in [0.1, 0.15) is 10.7 Å². The predicted octanol–water partition coefficient (Wildman–Crippen LogP) is 0.144. The zero-order valence-corrected chi connectivity index (χ0v) is 12.9. The Morgan fingerprint density at radius 3 is 2.65 bits per heavy atom. The monoisotopic (exact) mass is 298 g/mol. The summed E-state index contributed by atoms with van der Waals surface area (Å²) in [5, 5.41) is 3.13. The smallest absolute Gasteiger partial charge is 0.179 e. The van der Waals surface area contributed by atoms with Crippen molar-refractivity contribution < 1.29 is 8.42 Å². The maximum absolute atomic E-state index is 11.7. The third-order valence-electron chi connectivity index (χ3n) is 3.49. The van der Waals surface area contributed by atoms with Crippen LogP contribution in [0.5, 0.6) is 0 Å². The molecule has 1 aliphatic heterocycles. The van der Waals surface area contributed by atoms with Gasteiger partial charge in [-0.25, -0.2) is 13.4 Å². The number of likely N-dealkylation sites (N-methyl/N-ethyl adjacent to an activating group) is 1.